The van der Waals surface area contributed by atoms with Crippen LogP contribution in [0.1, 0.15) is 46.5 Å². The SMILES string of the molecule is CC(C)(C)OCP(=O)(O)CC1CCCC1. The first kappa shape index (κ1) is 13.2. The van der Waals surface area contributed by atoms with Gasteiger partial charge >= 0.3 is 0 Å². The van der Waals surface area contributed by atoms with Crippen molar-refractivity contribution >= 4 is 7.37 Å². The molecule has 0 bridgehead atoms. The van der Waals surface area contributed by atoms with E-state index in [1.54, 1.807) is 0 Å². The number of rotatable bonds is 4. The Hall–Kier alpha value is 0.150. The van der Waals surface area contributed by atoms with Gasteiger partial charge < -0.3 is 9.63 Å². The average molecular weight is 234 g/mol. The van der Waals surface area contributed by atoms with E-state index in [1.165, 1.54) is 12.8 Å². The van der Waals surface area contributed by atoms with E-state index in [9.17, 15) is 9.46 Å². The zero-order valence-corrected chi connectivity index (χ0v) is 10.9. The van der Waals surface area contributed by atoms with Crippen molar-refractivity contribution in [2.24, 2.45) is 5.92 Å². The van der Waals surface area contributed by atoms with Crippen LogP contribution in [-0.2, 0) is 9.30 Å². The standard InChI is InChI=1S/C11H23O3P/c1-11(2,3)14-9-15(12,13)8-10-6-4-5-7-10/h10H,4-9H2,1-3H3,(H,12,13). The molecule has 4 heteroatoms. The molecule has 1 N–H and O–H groups in total. The van der Waals surface area contributed by atoms with Crippen LogP contribution >= 0.6 is 7.37 Å². The van der Waals surface area contributed by atoms with Crippen LogP contribution in [-0.4, -0.2) is 23.0 Å². The minimum Gasteiger partial charge on any atom is -0.366 e. The van der Waals surface area contributed by atoms with E-state index >= 15 is 0 Å². The molecule has 0 aromatic rings. The van der Waals surface area contributed by atoms with Gasteiger partial charge in [0.05, 0.1) is 5.60 Å². The van der Waals surface area contributed by atoms with Crippen molar-refractivity contribution < 1.29 is 14.2 Å². The van der Waals surface area contributed by atoms with Gasteiger partial charge in [0, 0.05) is 6.16 Å². The van der Waals surface area contributed by atoms with Crippen LogP contribution in [0.4, 0.5) is 0 Å². The summed E-state index contributed by atoms with van der Waals surface area (Å²) in [5.41, 5.74) is -0.325. The Bertz CT molecular complexity index is 239. The van der Waals surface area contributed by atoms with Crippen LogP contribution in [0.2, 0.25) is 0 Å². The molecule has 0 radical (unpaired) electrons. The summed E-state index contributed by atoms with van der Waals surface area (Å²) in [6.45, 7) is 5.72. The zero-order chi connectivity index (χ0) is 11.5. The highest BCUT2D eigenvalue weighted by Crippen LogP contribution is 2.46. The molecular weight excluding hydrogens is 211 g/mol. The van der Waals surface area contributed by atoms with Crippen LogP contribution in [0.5, 0.6) is 0 Å². The van der Waals surface area contributed by atoms with Gasteiger partial charge in [0.25, 0.3) is 0 Å². The van der Waals surface area contributed by atoms with E-state index in [4.69, 9.17) is 4.74 Å². The molecule has 90 valence electrons. The highest BCUT2D eigenvalue weighted by atomic mass is 31.2. The summed E-state index contributed by atoms with van der Waals surface area (Å²) in [6.07, 6.45) is 5.10. The summed E-state index contributed by atoms with van der Waals surface area (Å²) in [6, 6.07) is 0. The number of hydrogen-bond donors (Lipinski definition) is 1. The van der Waals surface area contributed by atoms with Gasteiger partial charge in [-0.3, -0.25) is 4.57 Å². The highest BCUT2D eigenvalue weighted by molar-refractivity contribution is 7.57. The van der Waals surface area contributed by atoms with Crippen molar-refractivity contribution in [1.82, 2.24) is 0 Å². The van der Waals surface area contributed by atoms with E-state index in [1.807, 2.05) is 20.8 Å². The molecule has 1 aliphatic carbocycles. The first-order valence-corrected chi connectivity index (χ1v) is 7.76. The first-order valence-electron chi connectivity index (χ1n) is 5.73. The quantitative estimate of drug-likeness (QED) is 0.760. The molecule has 0 aromatic carbocycles. The van der Waals surface area contributed by atoms with Crippen molar-refractivity contribution in [3.8, 4) is 0 Å². The van der Waals surface area contributed by atoms with Crippen LogP contribution in [0.15, 0.2) is 0 Å². The Morgan fingerprint density at radius 3 is 2.33 bits per heavy atom. The van der Waals surface area contributed by atoms with Crippen LogP contribution in [0.3, 0.4) is 0 Å². The molecule has 1 aliphatic rings. The van der Waals surface area contributed by atoms with E-state index in [-0.39, 0.29) is 11.9 Å². The second kappa shape index (κ2) is 4.99. The molecule has 1 fully saturated rings. The Kier molecular flexibility index (Phi) is 4.39. The Morgan fingerprint density at radius 1 is 1.33 bits per heavy atom. The molecule has 0 amide bonds. The lowest BCUT2D eigenvalue weighted by molar-refractivity contribution is 0.0213. The van der Waals surface area contributed by atoms with Crippen molar-refractivity contribution in [2.75, 3.05) is 12.5 Å². The Labute approximate surface area is 92.7 Å². The lowest BCUT2D eigenvalue weighted by Gasteiger charge is -2.23. The fraction of sp³-hybridized carbons (Fsp3) is 1.00. The fourth-order valence-electron chi connectivity index (χ4n) is 1.94. The summed E-state index contributed by atoms with van der Waals surface area (Å²) < 4.78 is 17.2. The molecular formula is C11H23O3P. The molecule has 0 saturated heterocycles. The van der Waals surface area contributed by atoms with E-state index in [0.29, 0.717) is 12.1 Å². The molecule has 15 heavy (non-hydrogen) atoms. The lowest BCUT2D eigenvalue weighted by atomic mass is 10.1. The van der Waals surface area contributed by atoms with Gasteiger partial charge in [0.1, 0.15) is 6.35 Å². The maximum absolute atomic E-state index is 11.8. The smallest absolute Gasteiger partial charge is 0.225 e. The van der Waals surface area contributed by atoms with Crippen molar-refractivity contribution in [1.29, 1.82) is 0 Å². The third-order valence-electron chi connectivity index (χ3n) is 2.72. The molecule has 3 nitrogen and oxygen atoms in total. The van der Waals surface area contributed by atoms with Crippen molar-refractivity contribution in [2.45, 2.75) is 52.1 Å². The van der Waals surface area contributed by atoms with Crippen LogP contribution < -0.4 is 0 Å². The third kappa shape index (κ3) is 5.70. The highest BCUT2D eigenvalue weighted by Gasteiger charge is 2.28. The second-order valence-corrected chi connectivity index (χ2v) is 7.88. The lowest BCUT2D eigenvalue weighted by Crippen LogP contribution is -2.20. The van der Waals surface area contributed by atoms with Gasteiger partial charge in [-0.1, -0.05) is 12.8 Å². The predicted octanol–water partition coefficient (Wildman–Crippen LogP) is 3.22. The summed E-state index contributed by atoms with van der Waals surface area (Å²) in [5, 5.41) is 0. The van der Waals surface area contributed by atoms with Gasteiger partial charge in [-0.15, -0.1) is 0 Å². The van der Waals surface area contributed by atoms with Crippen LogP contribution in [0.25, 0.3) is 0 Å². The van der Waals surface area contributed by atoms with E-state index in [2.05, 4.69) is 0 Å². The molecule has 0 aromatic heterocycles. The van der Waals surface area contributed by atoms with Gasteiger partial charge in [0.15, 0.2) is 0 Å². The first-order chi connectivity index (χ1) is 6.79. The summed E-state index contributed by atoms with van der Waals surface area (Å²) in [5.74, 6) is 0.449. The maximum Gasteiger partial charge on any atom is 0.225 e. The summed E-state index contributed by atoms with van der Waals surface area (Å²) in [4.78, 5) is 9.77. The fourth-order valence-corrected chi connectivity index (χ4v) is 3.81. The van der Waals surface area contributed by atoms with Gasteiger partial charge in [0.2, 0.25) is 7.37 Å². The average Bonchev–Trinajstić information content (AvgIpc) is 2.52. The predicted molar refractivity (Wildman–Crippen MR) is 62.4 cm³/mol. The minimum absolute atomic E-state index is 0.00694. The van der Waals surface area contributed by atoms with Gasteiger partial charge in [-0.05, 0) is 39.5 Å². The molecule has 1 saturated carbocycles. The Morgan fingerprint density at radius 2 is 1.87 bits per heavy atom. The van der Waals surface area contributed by atoms with Crippen LogP contribution in [0, 0.1) is 5.92 Å². The largest absolute Gasteiger partial charge is 0.366 e. The molecule has 0 spiro atoms. The normalized spacial score (nSPS) is 22.9. The monoisotopic (exact) mass is 234 g/mol. The molecule has 1 atom stereocenters. The molecule has 1 rings (SSSR count). The van der Waals surface area contributed by atoms with E-state index < -0.39 is 7.37 Å². The summed E-state index contributed by atoms with van der Waals surface area (Å²) in [7, 11) is -3.06. The Balaban J connectivity index is 2.34. The summed E-state index contributed by atoms with van der Waals surface area (Å²) >= 11 is 0. The molecule has 0 aliphatic heterocycles. The van der Waals surface area contributed by atoms with Gasteiger partial charge in [-0.2, -0.15) is 0 Å². The second-order valence-electron chi connectivity index (χ2n) is 5.57. The zero-order valence-electron chi connectivity index (χ0n) is 10.0. The van der Waals surface area contributed by atoms with Crippen molar-refractivity contribution in [3.63, 3.8) is 0 Å². The molecule has 1 unspecified atom stereocenters. The number of hydrogen-bond acceptors (Lipinski definition) is 2. The van der Waals surface area contributed by atoms with Crippen molar-refractivity contribution in [3.05, 3.63) is 0 Å². The van der Waals surface area contributed by atoms with E-state index in [0.717, 1.165) is 12.8 Å². The maximum atomic E-state index is 11.8. The third-order valence-corrected chi connectivity index (χ3v) is 4.34. The topological polar surface area (TPSA) is 46.5 Å². The minimum atomic E-state index is -3.06. The molecule has 0 heterocycles. The van der Waals surface area contributed by atoms with Gasteiger partial charge in [-0.25, -0.2) is 0 Å². The number of ether oxygens (including phenoxy) is 1.